The Morgan fingerprint density at radius 1 is 1.30 bits per heavy atom. The van der Waals surface area contributed by atoms with E-state index in [-0.39, 0.29) is 29.9 Å². The first kappa shape index (κ1) is 15.0. The van der Waals surface area contributed by atoms with E-state index < -0.39 is 9.84 Å². The molecule has 0 spiro atoms. The van der Waals surface area contributed by atoms with Crippen molar-refractivity contribution in [3.8, 4) is 0 Å². The quantitative estimate of drug-likeness (QED) is 0.871. The summed E-state index contributed by atoms with van der Waals surface area (Å²) in [6.45, 7) is 3.85. The van der Waals surface area contributed by atoms with Crippen LogP contribution in [0, 0.1) is 13.8 Å². The van der Waals surface area contributed by atoms with Gasteiger partial charge in [0.15, 0.2) is 9.84 Å². The third-order valence-corrected chi connectivity index (χ3v) is 5.04. The van der Waals surface area contributed by atoms with Crippen molar-refractivity contribution in [2.45, 2.75) is 44.9 Å². The van der Waals surface area contributed by atoms with Crippen LogP contribution in [0.4, 0.5) is 0 Å². The molecule has 1 aliphatic rings. The highest BCUT2D eigenvalue weighted by molar-refractivity contribution is 7.90. The van der Waals surface area contributed by atoms with Crippen LogP contribution in [0.5, 0.6) is 0 Å². The van der Waals surface area contributed by atoms with Crippen molar-refractivity contribution >= 4 is 15.7 Å². The van der Waals surface area contributed by atoms with Gasteiger partial charge in [0.25, 0.3) is 0 Å². The highest BCUT2D eigenvalue weighted by Gasteiger charge is 2.24. The van der Waals surface area contributed by atoms with Gasteiger partial charge in [-0.25, -0.2) is 8.42 Å². The van der Waals surface area contributed by atoms with Crippen molar-refractivity contribution in [3.05, 3.63) is 34.9 Å². The third-order valence-electron chi connectivity index (χ3n) is 3.46. The summed E-state index contributed by atoms with van der Waals surface area (Å²) in [5, 5.41) is 2.81. The first-order valence-electron chi connectivity index (χ1n) is 6.92. The Labute approximate surface area is 120 Å². The first-order chi connectivity index (χ1) is 9.35. The van der Waals surface area contributed by atoms with E-state index in [9.17, 15) is 13.2 Å². The molecule has 0 aliphatic heterocycles. The van der Waals surface area contributed by atoms with Gasteiger partial charge in [-0.2, -0.15) is 0 Å². The maximum Gasteiger partial charge on any atom is 0.221 e. The van der Waals surface area contributed by atoms with Gasteiger partial charge in [-0.1, -0.05) is 23.8 Å². The summed E-state index contributed by atoms with van der Waals surface area (Å²) in [5.74, 6) is -0.229. The van der Waals surface area contributed by atoms with Crippen molar-refractivity contribution < 1.29 is 13.2 Å². The van der Waals surface area contributed by atoms with Gasteiger partial charge >= 0.3 is 0 Å². The fourth-order valence-electron chi connectivity index (χ4n) is 2.04. The van der Waals surface area contributed by atoms with E-state index in [1.165, 1.54) is 0 Å². The number of carbonyl (C=O) groups excluding carboxylic acids is 1. The van der Waals surface area contributed by atoms with Gasteiger partial charge in [0.1, 0.15) is 0 Å². The number of nitrogens with one attached hydrogen (secondary N) is 1. The van der Waals surface area contributed by atoms with E-state index in [0.29, 0.717) is 0 Å². The molecule has 110 valence electrons. The van der Waals surface area contributed by atoms with E-state index in [4.69, 9.17) is 0 Å². The van der Waals surface area contributed by atoms with Gasteiger partial charge < -0.3 is 5.32 Å². The van der Waals surface area contributed by atoms with Crippen molar-refractivity contribution in [1.29, 1.82) is 0 Å². The normalized spacial score (nSPS) is 15.1. The van der Waals surface area contributed by atoms with E-state index in [2.05, 4.69) is 5.32 Å². The molecule has 0 radical (unpaired) electrons. The maximum absolute atomic E-state index is 12.1. The van der Waals surface area contributed by atoms with Gasteiger partial charge in [-0.15, -0.1) is 0 Å². The zero-order valence-corrected chi connectivity index (χ0v) is 12.8. The Hall–Kier alpha value is -1.36. The summed E-state index contributed by atoms with van der Waals surface area (Å²) < 4.78 is 24.2. The molecule has 1 N–H and O–H groups in total. The van der Waals surface area contributed by atoms with Crippen LogP contribution in [0.2, 0.25) is 0 Å². The zero-order chi connectivity index (χ0) is 14.8. The van der Waals surface area contributed by atoms with Crippen LogP contribution in [-0.4, -0.2) is 26.1 Å². The molecule has 0 saturated heterocycles. The highest BCUT2D eigenvalue weighted by atomic mass is 32.2. The summed E-state index contributed by atoms with van der Waals surface area (Å²) in [5.41, 5.74) is 2.85. The monoisotopic (exact) mass is 295 g/mol. The molecule has 0 atom stereocenters. The molecule has 20 heavy (non-hydrogen) atoms. The Balaban J connectivity index is 1.92. The predicted octanol–water partition coefficient (Wildman–Crippen LogP) is 1.89. The topological polar surface area (TPSA) is 63.2 Å². The molecule has 1 aromatic carbocycles. The number of rotatable bonds is 6. The molecular formula is C15H21NO3S. The number of sulfone groups is 1. The van der Waals surface area contributed by atoms with Gasteiger partial charge in [-0.3, -0.25) is 4.79 Å². The number of hydrogen-bond donors (Lipinski definition) is 1. The predicted molar refractivity (Wildman–Crippen MR) is 79.2 cm³/mol. The summed E-state index contributed by atoms with van der Waals surface area (Å²) in [6.07, 6.45) is 2.09. The minimum atomic E-state index is -3.25. The van der Waals surface area contributed by atoms with Crippen LogP contribution in [0.1, 0.15) is 36.0 Å². The van der Waals surface area contributed by atoms with E-state index >= 15 is 0 Å². The molecule has 1 amide bonds. The zero-order valence-electron chi connectivity index (χ0n) is 12.0. The largest absolute Gasteiger partial charge is 0.353 e. The molecule has 0 heterocycles. The molecule has 1 saturated carbocycles. The molecule has 0 unspecified atom stereocenters. The molecule has 0 aromatic heterocycles. The second kappa shape index (κ2) is 5.95. The summed E-state index contributed by atoms with van der Waals surface area (Å²) in [7, 11) is -3.25. The maximum atomic E-state index is 12.1. The van der Waals surface area contributed by atoms with E-state index in [1.807, 2.05) is 32.0 Å². The van der Waals surface area contributed by atoms with E-state index in [1.54, 1.807) is 0 Å². The van der Waals surface area contributed by atoms with Crippen molar-refractivity contribution in [2.75, 3.05) is 5.75 Å². The average molecular weight is 295 g/mol. The van der Waals surface area contributed by atoms with Crippen LogP contribution in [0.15, 0.2) is 18.2 Å². The Bertz CT molecular complexity index is 604. The molecule has 5 heteroatoms. The summed E-state index contributed by atoms with van der Waals surface area (Å²) >= 11 is 0. The van der Waals surface area contributed by atoms with Crippen molar-refractivity contribution in [2.24, 2.45) is 0 Å². The lowest BCUT2D eigenvalue weighted by Crippen LogP contribution is -2.27. The lowest BCUT2D eigenvalue weighted by molar-refractivity contribution is -0.120. The average Bonchev–Trinajstić information content (AvgIpc) is 3.15. The fraction of sp³-hybridized carbons (Fsp3) is 0.533. The Morgan fingerprint density at radius 3 is 2.65 bits per heavy atom. The number of benzene rings is 1. The second-order valence-electron chi connectivity index (χ2n) is 5.61. The van der Waals surface area contributed by atoms with Crippen LogP contribution < -0.4 is 5.32 Å². The second-order valence-corrected chi connectivity index (χ2v) is 7.80. The van der Waals surface area contributed by atoms with E-state index in [0.717, 1.165) is 29.5 Å². The van der Waals surface area contributed by atoms with Crippen LogP contribution >= 0.6 is 0 Å². The lowest BCUT2D eigenvalue weighted by atomic mass is 10.1. The molecule has 1 aliphatic carbocycles. The highest BCUT2D eigenvalue weighted by Crippen LogP contribution is 2.19. The molecule has 1 fully saturated rings. The number of hydrogen-bond acceptors (Lipinski definition) is 3. The van der Waals surface area contributed by atoms with Crippen LogP contribution in [-0.2, 0) is 20.4 Å². The SMILES string of the molecule is Cc1ccc(C)c(CS(=O)(=O)CCC(=O)NC2CC2)c1. The number of aryl methyl sites for hydroxylation is 2. The van der Waals surface area contributed by atoms with Crippen molar-refractivity contribution in [3.63, 3.8) is 0 Å². The molecule has 1 aromatic rings. The molecule has 0 bridgehead atoms. The van der Waals surface area contributed by atoms with Crippen LogP contribution in [0.25, 0.3) is 0 Å². The van der Waals surface area contributed by atoms with Gasteiger partial charge in [0, 0.05) is 12.5 Å². The minimum Gasteiger partial charge on any atom is -0.353 e. The first-order valence-corrected chi connectivity index (χ1v) is 8.74. The fourth-order valence-corrected chi connectivity index (χ4v) is 3.47. The molecule has 2 rings (SSSR count). The van der Waals surface area contributed by atoms with Gasteiger partial charge in [0.2, 0.25) is 5.91 Å². The Kier molecular flexibility index (Phi) is 4.48. The standard InChI is InChI=1S/C15H21NO3S/c1-11-3-4-12(2)13(9-11)10-20(18,19)8-7-15(17)16-14-5-6-14/h3-4,9,14H,5-8,10H2,1-2H3,(H,16,17). The summed E-state index contributed by atoms with van der Waals surface area (Å²) in [4.78, 5) is 11.5. The molecule has 4 nitrogen and oxygen atoms in total. The van der Waals surface area contributed by atoms with Crippen molar-refractivity contribution in [1.82, 2.24) is 5.32 Å². The number of carbonyl (C=O) groups is 1. The van der Waals surface area contributed by atoms with Gasteiger partial charge in [0.05, 0.1) is 11.5 Å². The summed E-state index contributed by atoms with van der Waals surface area (Å²) in [6, 6.07) is 6.08. The van der Waals surface area contributed by atoms with Gasteiger partial charge in [-0.05, 0) is 37.8 Å². The smallest absolute Gasteiger partial charge is 0.221 e. The lowest BCUT2D eigenvalue weighted by Gasteiger charge is -2.08. The third kappa shape index (κ3) is 4.63. The Morgan fingerprint density at radius 2 is 2.00 bits per heavy atom. The van der Waals surface area contributed by atoms with Crippen LogP contribution in [0.3, 0.4) is 0 Å². The molecular weight excluding hydrogens is 274 g/mol. The number of amides is 1. The minimum absolute atomic E-state index is 0.0111.